The van der Waals surface area contributed by atoms with Crippen molar-refractivity contribution in [1.29, 1.82) is 0 Å². The molecule has 0 bridgehead atoms. The Bertz CT molecular complexity index is 501. The summed E-state index contributed by atoms with van der Waals surface area (Å²) in [6.07, 6.45) is 1.01. The Morgan fingerprint density at radius 1 is 1.19 bits per heavy atom. The number of esters is 2. The first kappa shape index (κ1) is 15.5. The Morgan fingerprint density at radius 3 is 2.48 bits per heavy atom. The third-order valence-corrected chi connectivity index (χ3v) is 3.30. The smallest absolute Gasteiger partial charge is 0.309 e. The van der Waals surface area contributed by atoms with Gasteiger partial charge in [0.1, 0.15) is 12.2 Å². The number of carbonyl (C=O) groups excluding carboxylic acids is 2. The van der Waals surface area contributed by atoms with Gasteiger partial charge >= 0.3 is 11.9 Å². The van der Waals surface area contributed by atoms with E-state index < -0.39 is 5.60 Å². The van der Waals surface area contributed by atoms with Gasteiger partial charge < -0.3 is 9.47 Å². The topological polar surface area (TPSA) is 52.6 Å². The van der Waals surface area contributed by atoms with Crippen LogP contribution >= 0.6 is 0 Å². The van der Waals surface area contributed by atoms with Crippen molar-refractivity contribution in [2.24, 2.45) is 11.8 Å². The highest BCUT2D eigenvalue weighted by Gasteiger charge is 2.45. The van der Waals surface area contributed by atoms with Crippen LogP contribution in [-0.4, -0.2) is 17.5 Å². The van der Waals surface area contributed by atoms with Gasteiger partial charge in [0.25, 0.3) is 0 Å². The zero-order chi connectivity index (χ0) is 15.5. The lowest BCUT2D eigenvalue weighted by Crippen LogP contribution is -2.24. The van der Waals surface area contributed by atoms with Crippen LogP contribution in [-0.2, 0) is 25.7 Å². The highest BCUT2D eigenvalue weighted by Crippen LogP contribution is 2.42. The molecule has 0 radical (unpaired) electrons. The molecule has 1 aromatic carbocycles. The zero-order valence-electron chi connectivity index (χ0n) is 12.8. The van der Waals surface area contributed by atoms with E-state index in [1.54, 1.807) is 0 Å². The third-order valence-electron chi connectivity index (χ3n) is 3.30. The van der Waals surface area contributed by atoms with Gasteiger partial charge in [0.2, 0.25) is 0 Å². The first-order valence-corrected chi connectivity index (χ1v) is 7.27. The maximum absolute atomic E-state index is 11.9. The van der Waals surface area contributed by atoms with Crippen LogP contribution in [0.2, 0.25) is 0 Å². The molecule has 2 rings (SSSR count). The summed E-state index contributed by atoms with van der Waals surface area (Å²) in [6, 6.07) is 9.57. The van der Waals surface area contributed by atoms with Gasteiger partial charge in [0, 0.05) is 6.42 Å². The average Bonchev–Trinajstić information content (AvgIpc) is 3.14. The quantitative estimate of drug-likeness (QED) is 0.782. The minimum Gasteiger partial charge on any atom is -0.461 e. The molecule has 1 fully saturated rings. The van der Waals surface area contributed by atoms with Crippen LogP contribution in [0, 0.1) is 11.8 Å². The molecular weight excluding hydrogens is 268 g/mol. The first-order valence-electron chi connectivity index (χ1n) is 7.27. The van der Waals surface area contributed by atoms with Crippen molar-refractivity contribution in [3.05, 3.63) is 35.9 Å². The summed E-state index contributed by atoms with van der Waals surface area (Å²) >= 11 is 0. The van der Waals surface area contributed by atoms with Crippen molar-refractivity contribution in [2.45, 2.75) is 45.8 Å². The summed E-state index contributed by atoms with van der Waals surface area (Å²) in [6.45, 7) is 5.80. The molecule has 1 aromatic rings. The van der Waals surface area contributed by atoms with Crippen LogP contribution in [0.4, 0.5) is 0 Å². The van der Waals surface area contributed by atoms with E-state index >= 15 is 0 Å². The van der Waals surface area contributed by atoms with Crippen LogP contribution in [0.25, 0.3) is 0 Å². The summed E-state index contributed by atoms with van der Waals surface area (Å²) in [5.74, 6) is -0.539. The van der Waals surface area contributed by atoms with Gasteiger partial charge in [-0.3, -0.25) is 9.59 Å². The molecule has 0 aromatic heterocycles. The van der Waals surface area contributed by atoms with Gasteiger partial charge in [-0.15, -0.1) is 0 Å². The third kappa shape index (κ3) is 5.21. The molecule has 2 atom stereocenters. The fourth-order valence-corrected chi connectivity index (χ4v) is 2.19. The molecule has 1 aliphatic carbocycles. The lowest BCUT2D eigenvalue weighted by molar-refractivity contribution is -0.155. The van der Waals surface area contributed by atoms with E-state index in [1.807, 2.05) is 51.1 Å². The molecule has 4 heteroatoms. The van der Waals surface area contributed by atoms with E-state index in [-0.39, 0.29) is 30.4 Å². The second-order valence-corrected chi connectivity index (χ2v) is 6.49. The predicted molar refractivity (Wildman–Crippen MR) is 78.3 cm³/mol. The van der Waals surface area contributed by atoms with Crippen LogP contribution in [0.15, 0.2) is 30.3 Å². The maximum atomic E-state index is 11.9. The van der Waals surface area contributed by atoms with Crippen LogP contribution < -0.4 is 0 Å². The summed E-state index contributed by atoms with van der Waals surface area (Å²) in [5, 5.41) is 0. The number of rotatable bonds is 5. The summed E-state index contributed by atoms with van der Waals surface area (Å²) in [7, 11) is 0. The molecular formula is C17H22O4. The molecule has 21 heavy (non-hydrogen) atoms. The Balaban J connectivity index is 1.71. The minimum atomic E-state index is -0.477. The Kier molecular flexibility index (Phi) is 4.66. The van der Waals surface area contributed by atoms with E-state index in [0.717, 1.165) is 5.56 Å². The lowest BCUT2D eigenvalue weighted by atomic mass is 10.2. The SMILES string of the molecule is CC(C)(C)OC(=O)C[C@H]1C[C@H]1C(=O)OCc1ccccc1. The minimum absolute atomic E-state index is 0.0723. The van der Waals surface area contributed by atoms with Crippen LogP contribution in [0.1, 0.15) is 39.2 Å². The van der Waals surface area contributed by atoms with Crippen molar-refractivity contribution in [1.82, 2.24) is 0 Å². The van der Waals surface area contributed by atoms with E-state index in [9.17, 15) is 9.59 Å². The van der Waals surface area contributed by atoms with Gasteiger partial charge in [-0.1, -0.05) is 30.3 Å². The normalized spacial score (nSPS) is 20.7. The average molecular weight is 290 g/mol. The van der Waals surface area contributed by atoms with E-state index in [4.69, 9.17) is 9.47 Å². The standard InChI is InChI=1S/C17H22O4/c1-17(2,3)21-15(18)10-13-9-14(13)16(19)20-11-12-7-5-4-6-8-12/h4-8,13-14H,9-11H2,1-3H3/t13-,14-/m1/s1. The van der Waals surface area contributed by atoms with E-state index in [2.05, 4.69) is 0 Å². The molecule has 0 spiro atoms. The number of hydrogen-bond acceptors (Lipinski definition) is 4. The molecule has 4 nitrogen and oxygen atoms in total. The molecule has 0 amide bonds. The summed E-state index contributed by atoms with van der Waals surface area (Å²) < 4.78 is 10.5. The lowest BCUT2D eigenvalue weighted by Gasteiger charge is -2.19. The van der Waals surface area contributed by atoms with Crippen molar-refractivity contribution < 1.29 is 19.1 Å². The van der Waals surface area contributed by atoms with Gasteiger partial charge in [-0.05, 0) is 38.7 Å². The number of carbonyl (C=O) groups is 2. The van der Waals surface area contributed by atoms with Gasteiger partial charge in [0.15, 0.2) is 0 Å². The van der Waals surface area contributed by atoms with Crippen LogP contribution in [0.3, 0.4) is 0 Å². The van der Waals surface area contributed by atoms with E-state index in [0.29, 0.717) is 12.8 Å². The molecule has 1 saturated carbocycles. The molecule has 114 valence electrons. The van der Waals surface area contributed by atoms with Gasteiger partial charge in [-0.25, -0.2) is 0 Å². The highest BCUT2D eigenvalue weighted by molar-refractivity contribution is 5.78. The fourth-order valence-electron chi connectivity index (χ4n) is 2.19. The second kappa shape index (κ2) is 6.29. The number of ether oxygens (including phenoxy) is 2. The van der Waals surface area contributed by atoms with Gasteiger partial charge in [-0.2, -0.15) is 0 Å². The summed E-state index contributed by atoms with van der Waals surface area (Å²) in [5.41, 5.74) is 0.491. The molecule has 1 aliphatic rings. The number of hydrogen-bond donors (Lipinski definition) is 0. The van der Waals surface area contributed by atoms with E-state index in [1.165, 1.54) is 0 Å². The monoisotopic (exact) mass is 290 g/mol. The van der Waals surface area contributed by atoms with Gasteiger partial charge in [0.05, 0.1) is 5.92 Å². The van der Waals surface area contributed by atoms with Crippen molar-refractivity contribution in [3.8, 4) is 0 Å². The van der Waals surface area contributed by atoms with Crippen molar-refractivity contribution in [2.75, 3.05) is 0 Å². The Labute approximate surface area is 125 Å². The maximum Gasteiger partial charge on any atom is 0.309 e. The zero-order valence-corrected chi connectivity index (χ0v) is 12.8. The van der Waals surface area contributed by atoms with Crippen molar-refractivity contribution in [3.63, 3.8) is 0 Å². The molecule has 0 N–H and O–H groups in total. The highest BCUT2D eigenvalue weighted by atomic mass is 16.6. The Hall–Kier alpha value is -1.84. The summed E-state index contributed by atoms with van der Waals surface area (Å²) in [4.78, 5) is 23.6. The van der Waals surface area contributed by atoms with Crippen molar-refractivity contribution >= 4 is 11.9 Å². The number of benzene rings is 1. The predicted octanol–water partition coefficient (Wildman–Crippen LogP) is 3.10. The second-order valence-electron chi connectivity index (χ2n) is 6.49. The fraction of sp³-hybridized carbons (Fsp3) is 0.529. The molecule has 0 aliphatic heterocycles. The Morgan fingerprint density at radius 2 is 1.86 bits per heavy atom. The molecule has 0 heterocycles. The largest absolute Gasteiger partial charge is 0.461 e. The first-order chi connectivity index (χ1) is 9.85. The van der Waals surface area contributed by atoms with Crippen LogP contribution in [0.5, 0.6) is 0 Å². The molecule has 0 unspecified atom stereocenters. The molecule has 0 saturated heterocycles.